The first kappa shape index (κ1) is 16.2. The summed E-state index contributed by atoms with van der Waals surface area (Å²) in [7, 11) is 1.58. The third-order valence-corrected chi connectivity index (χ3v) is 3.77. The molecule has 0 fully saturated rings. The van der Waals surface area contributed by atoms with Crippen molar-refractivity contribution in [3.8, 4) is 11.5 Å². The number of nitrogens with two attached hydrogens (primary N) is 1. The van der Waals surface area contributed by atoms with Crippen molar-refractivity contribution in [3.05, 3.63) is 53.1 Å². The Balaban J connectivity index is 2.66. The molecule has 0 heterocycles. The van der Waals surface area contributed by atoms with E-state index < -0.39 is 6.10 Å². The van der Waals surface area contributed by atoms with E-state index in [4.69, 9.17) is 10.5 Å². The van der Waals surface area contributed by atoms with Crippen LogP contribution in [0.1, 0.15) is 43.6 Å². The minimum atomic E-state index is -0.454. The van der Waals surface area contributed by atoms with E-state index in [2.05, 4.69) is 0 Å². The molecule has 2 aromatic rings. The van der Waals surface area contributed by atoms with Gasteiger partial charge in [0.15, 0.2) is 0 Å². The number of benzene rings is 2. The van der Waals surface area contributed by atoms with Crippen LogP contribution in [0.5, 0.6) is 11.5 Å². The lowest BCUT2D eigenvalue weighted by Crippen LogP contribution is -2.14. The smallest absolute Gasteiger partial charge is 0.148 e. The highest BCUT2D eigenvalue weighted by Gasteiger charge is 2.27. The average molecular weight is 301 g/mol. The number of hydrogen-bond donors (Lipinski definition) is 3. The highest BCUT2D eigenvalue weighted by molar-refractivity contribution is 5.69. The number of phenols is 2. The summed E-state index contributed by atoms with van der Waals surface area (Å²) >= 11 is 0. The van der Waals surface area contributed by atoms with Crippen molar-refractivity contribution in [1.29, 1.82) is 0 Å². The zero-order valence-electron chi connectivity index (χ0n) is 13.4. The van der Waals surface area contributed by atoms with Crippen molar-refractivity contribution in [2.75, 3.05) is 12.8 Å². The lowest BCUT2D eigenvalue weighted by Gasteiger charge is -2.26. The van der Waals surface area contributed by atoms with Gasteiger partial charge in [0.1, 0.15) is 23.3 Å². The molecule has 0 amide bonds. The minimum absolute atomic E-state index is 0.0135. The fraction of sp³-hybridized carbons (Fsp3) is 0.333. The number of hydrogen-bond acceptors (Lipinski definition) is 4. The SMILES string of the molecule is COC(c1ccccc1)c1cc(C(C)(C)C)c(O)c(N)c1O. The van der Waals surface area contributed by atoms with E-state index in [0.717, 1.165) is 5.56 Å². The van der Waals surface area contributed by atoms with Crippen LogP contribution in [0.4, 0.5) is 5.69 Å². The van der Waals surface area contributed by atoms with Crippen LogP contribution in [0.3, 0.4) is 0 Å². The van der Waals surface area contributed by atoms with Gasteiger partial charge in [-0.15, -0.1) is 0 Å². The summed E-state index contributed by atoms with van der Waals surface area (Å²) < 4.78 is 5.57. The van der Waals surface area contributed by atoms with Crippen LogP contribution in [0, 0.1) is 0 Å². The van der Waals surface area contributed by atoms with Crippen molar-refractivity contribution in [2.24, 2.45) is 0 Å². The molecule has 4 N–H and O–H groups in total. The summed E-state index contributed by atoms with van der Waals surface area (Å²) in [5.41, 5.74) is 7.71. The van der Waals surface area contributed by atoms with E-state index in [1.165, 1.54) is 0 Å². The Morgan fingerprint density at radius 3 is 2.14 bits per heavy atom. The third-order valence-electron chi connectivity index (χ3n) is 3.77. The summed E-state index contributed by atoms with van der Waals surface area (Å²) in [6, 6.07) is 11.4. The lowest BCUT2D eigenvalue weighted by atomic mass is 9.83. The van der Waals surface area contributed by atoms with Crippen LogP contribution < -0.4 is 5.73 Å². The third kappa shape index (κ3) is 2.88. The molecule has 1 unspecified atom stereocenters. The van der Waals surface area contributed by atoms with Crippen molar-refractivity contribution in [2.45, 2.75) is 32.3 Å². The van der Waals surface area contributed by atoms with Gasteiger partial charge >= 0.3 is 0 Å². The molecule has 2 rings (SSSR count). The monoisotopic (exact) mass is 301 g/mol. The predicted molar refractivity (Wildman–Crippen MR) is 88.2 cm³/mol. The number of phenolic OH excluding ortho intramolecular Hbond substituents is 2. The van der Waals surface area contributed by atoms with Gasteiger partial charge in [0.25, 0.3) is 0 Å². The fourth-order valence-electron chi connectivity index (χ4n) is 2.55. The highest BCUT2D eigenvalue weighted by Crippen LogP contribution is 2.45. The molecule has 22 heavy (non-hydrogen) atoms. The normalized spacial score (nSPS) is 13.1. The van der Waals surface area contributed by atoms with Gasteiger partial charge in [0.05, 0.1) is 0 Å². The Labute approximate surface area is 131 Å². The molecular weight excluding hydrogens is 278 g/mol. The molecule has 0 saturated heterocycles. The van der Waals surface area contributed by atoms with Gasteiger partial charge in [-0.1, -0.05) is 51.1 Å². The van der Waals surface area contributed by atoms with E-state index in [9.17, 15) is 10.2 Å². The van der Waals surface area contributed by atoms with Gasteiger partial charge in [-0.25, -0.2) is 0 Å². The van der Waals surface area contributed by atoms with Crippen LogP contribution in [0.2, 0.25) is 0 Å². The number of methoxy groups -OCH3 is 1. The minimum Gasteiger partial charge on any atom is -0.505 e. The summed E-state index contributed by atoms with van der Waals surface area (Å²) in [6.45, 7) is 5.94. The zero-order chi connectivity index (χ0) is 16.5. The quantitative estimate of drug-likeness (QED) is 0.596. The zero-order valence-corrected chi connectivity index (χ0v) is 13.4. The fourth-order valence-corrected chi connectivity index (χ4v) is 2.55. The van der Waals surface area contributed by atoms with E-state index >= 15 is 0 Å². The molecule has 0 aromatic heterocycles. The van der Waals surface area contributed by atoms with Gasteiger partial charge in [-0.05, 0) is 17.0 Å². The van der Waals surface area contributed by atoms with Gasteiger partial charge in [-0.3, -0.25) is 0 Å². The van der Waals surface area contributed by atoms with Gasteiger partial charge in [0, 0.05) is 18.2 Å². The molecule has 4 nitrogen and oxygen atoms in total. The molecule has 0 aliphatic heterocycles. The van der Waals surface area contributed by atoms with E-state index in [1.807, 2.05) is 51.1 Å². The molecule has 2 aromatic carbocycles. The first-order valence-electron chi connectivity index (χ1n) is 7.20. The number of rotatable bonds is 3. The molecule has 0 aliphatic rings. The van der Waals surface area contributed by atoms with E-state index in [-0.39, 0.29) is 22.6 Å². The Morgan fingerprint density at radius 1 is 1.05 bits per heavy atom. The molecule has 0 spiro atoms. The second-order valence-electron chi connectivity index (χ2n) is 6.40. The van der Waals surface area contributed by atoms with Crippen molar-refractivity contribution in [3.63, 3.8) is 0 Å². The Bertz CT molecular complexity index is 660. The molecule has 1 atom stereocenters. The number of aromatic hydroxyl groups is 2. The summed E-state index contributed by atoms with van der Waals surface area (Å²) in [5, 5.41) is 20.6. The highest BCUT2D eigenvalue weighted by atomic mass is 16.5. The average Bonchev–Trinajstić information content (AvgIpc) is 2.47. The lowest BCUT2D eigenvalue weighted by molar-refractivity contribution is 0.134. The topological polar surface area (TPSA) is 75.7 Å². The van der Waals surface area contributed by atoms with Crippen molar-refractivity contribution in [1.82, 2.24) is 0 Å². The summed E-state index contributed by atoms with van der Waals surface area (Å²) in [4.78, 5) is 0. The maximum atomic E-state index is 10.4. The van der Waals surface area contributed by atoms with Crippen LogP contribution >= 0.6 is 0 Å². The standard InChI is InChI=1S/C18H23NO3/c1-18(2,3)13-10-12(15(20)14(19)16(13)21)17(22-4)11-8-6-5-7-9-11/h5-10,17,20-21H,19H2,1-4H3. The maximum absolute atomic E-state index is 10.4. The molecular formula is C18H23NO3. The molecule has 118 valence electrons. The number of ether oxygens (including phenoxy) is 1. The van der Waals surface area contributed by atoms with Crippen molar-refractivity contribution >= 4 is 5.69 Å². The number of anilines is 1. The Kier molecular flexibility index (Phi) is 4.33. The largest absolute Gasteiger partial charge is 0.505 e. The summed E-state index contributed by atoms with van der Waals surface area (Å²) in [5.74, 6) is -0.210. The molecule has 0 aliphatic carbocycles. The van der Waals surface area contributed by atoms with E-state index in [0.29, 0.717) is 11.1 Å². The second kappa shape index (κ2) is 5.89. The first-order chi connectivity index (χ1) is 10.3. The van der Waals surface area contributed by atoms with Crippen molar-refractivity contribution < 1.29 is 14.9 Å². The predicted octanol–water partition coefficient (Wildman–Crippen LogP) is 3.71. The van der Waals surface area contributed by atoms with Crippen LogP contribution in [0.15, 0.2) is 36.4 Å². The number of nitrogen functional groups attached to an aromatic ring is 1. The van der Waals surface area contributed by atoms with E-state index in [1.54, 1.807) is 13.2 Å². The Morgan fingerprint density at radius 2 is 1.64 bits per heavy atom. The molecule has 0 radical (unpaired) electrons. The summed E-state index contributed by atoms with van der Waals surface area (Å²) in [6.07, 6.45) is -0.454. The second-order valence-corrected chi connectivity index (χ2v) is 6.40. The van der Waals surface area contributed by atoms with Gasteiger partial charge in [-0.2, -0.15) is 0 Å². The molecule has 0 bridgehead atoms. The first-order valence-corrected chi connectivity index (χ1v) is 7.20. The van der Waals surface area contributed by atoms with Gasteiger partial charge < -0.3 is 20.7 Å². The van der Waals surface area contributed by atoms with Crippen LogP contribution in [0.25, 0.3) is 0 Å². The van der Waals surface area contributed by atoms with Gasteiger partial charge in [0.2, 0.25) is 0 Å². The molecule has 4 heteroatoms. The van der Waals surface area contributed by atoms with Crippen LogP contribution in [-0.4, -0.2) is 17.3 Å². The Hall–Kier alpha value is -2.20. The maximum Gasteiger partial charge on any atom is 0.148 e. The van der Waals surface area contributed by atoms with Crippen LogP contribution in [-0.2, 0) is 10.2 Å². The molecule has 0 saturated carbocycles.